The number of benzene rings is 2. The molecule has 196 valence electrons. The lowest BCUT2D eigenvalue weighted by atomic mass is 9.88. The highest BCUT2D eigenvalue weighted by Gasteiger charge is 2.33. The number of phenols is 1. The number of carbonyl (C=O) groups excluding carboxylic acids is 2. The maximum atomic E-state index is 13.3. The molecular formula is C27H38N4O5. The number of carbonyl (C=O) groups is 3. The maximum absolute atomic E-state index is 13.3. The van der Waals surface area contributed by atoms with Crippen molar-refractivity contribution in [2.45, 2.75) is 58.5 Å². The zero-order chi connectivity index (χ0) is 27.0. The molecule has 2 aromatic carbocycles. The first kappa shape index (κ1) is 28.6. The lowest BCUT2D eigenvalue weighted by Gasteiger charge is -2.36. The topological polar surface area (TPSA) is 145 Å². The first-order valence-corrected chi connectivity index (χ1v) is 12.0. The molecule has 0 aliphatic rings. The Hall–Kier alpha value is -3.59. The summed E-state index contributed by atoms with van der Waals surface area (Å²) in [5.74, 6) is -1.32. The number of phenolic OH excluding ortho intramolecular Hbond substituents is 1. The summed E-state index contributed by atoms with van der Waals surface area (Å²) in [6.07, 6.45) is -1.01. The van der Waals surface area contributed by atoms with Crippen molar-refractivity contribution in [2.24, 2.45) is 5.73 Å². The molecule has 2 rings (SSSR count). The molecule has 0 fully saturated rings. The van der Waals surface area contributed by atoms with E-state index >= 15 is 0 Å². The van der Waals surface area contributed by atoms with Crippen molar-refractivity contribution in [3.05, 3.63) is 64.7 Å². The van der Waals surface area contributed by atoms with Gasteiger partial charge >= 0.3 is 6.09 Å². The van der Waals surface area contributed by atoms with Crippen LogP contribution in [-0.2, 0) is 9.59 Å². The van der Waals surface area contributed by atoms with E-state index in [9.17, 15) is 24.6 Å². The van der Waals surface area contributed by atoms with Crippen molar-refractivity contribution < 1.29 is 24.6 Å². The summed E-state index contributed by atoms with van der Waals surface area (Å²) in [5, 5.41) is 25.3. The Morgan fingerprint density at radius 1 is 1.00 bits per heavy atom. The summed E-state index contributed by atoms with van der Waals surface area (Å²) in [6.45, 7) is 9.17. The molecule has 0 aliphatic carbocycles. The van der Waals surface area contributed by atoms with Crippen LogP contribution in [0.15, 0.2) is 42.5 Å². The normalized spacial score (nSPS) is 12.9. The SMILES string of the molecule is Cc1cc(O)cc(C)c1C(CN(C(=O)O)C(C)(C)C)C(=O)NCCNC(=O)CC(N)c1ccccc1. The van der Waals surface area contributed by atoms with Crippen LogP contribution in [0.2, 0.25) is 0 Å². The van der Waals surface area contributed by atoms with Gasteiger partial charge in [-0.15, -0.1) is 0 Å². The molecule has 2 unspecified atom stereocenters. The molecule has 2 atom stereocenters. The predicted molar refractivity (Wildman–Crippen MR) is 139 cm³/mol. The van der Waals surface area contributed by atoms with Crippen molar-refractivity contribution in [2.75, 3.05) is 19.6 Å². The highest BCUT2D eigenvalue weighted by molar-refractivity contribution is 5.85. The highest BCUT2D eigenvalue weighted by atomic mass is 16.4. The molecule has 36 heavy (non-hydrogen) atoms. The molecule has 0 bridgehead atoms. The lowest BCUT2D eigenvalue weighted by Crippen LogP contribution is -2.49. The van der Waals surface area contributed by atoms with Gasteiger partial charge in [0, 0.05) is 37.6 Å². The second-order valence-electron chi connectivity index (χ2n) is 9.97. The van der Waals surface area contributed by atoms with Gasteiger partial charge in [-0.25, -0.2) is 4.79 Å². The molecule has 0 saturated carbocycles. The second-order valence-corrected chi connectivity index (χ2v) is 9.97. The number of nitrogens with zero attached hydrogens (tertiary/aromatic N) is 1. The van der Waals surface area contributed by atoms with Crippen LogP contribution in [0.25, 0.3) is 0 Å². The molecule has 0 aliphatic heterocycles. The van der Waals surface area contributed by atoms with E-state index in [2.05, 4.69) is 10.6 Å². The molecule has 0 aromatic heterocycles. The van der Waals surface area contributed by atoms with Crippen LogP contribution in [0, 0.1) is 13.8 Å². The molecule has 0 spiro atoms. The smallest absolute Gasteiger partial charge is 0.407 e. The number of rotatable bonds is 10. The summed E-state index contributed by atoms with van der Waals surface area (Å²) in [4.78, 5) is 38.8. The zero-order valence-electron chi connectivity index (χ0n) is 21.7. The molecular weight excluding hydrogens is 460 g/mol. The Morgan fingerprint density at radius 3 is 2.08 bits per heavy atom. The van der Waals surface area contributed by atoms with Gasteiger partial charge in [-0.2, -0.15) is 0 Å². The van der Waals surface area contributed by atoms with E-state index in [1.54, 1.807) is 46.8 Å². The average Bonchev–Trinajstić information content (AvgIpc) is 2.77. The van der Waals surface area contributed by atoms with Crippen molar-refractivity contribution >= 4 is 17.9 Å². The Balaban J connectivity index is 2.07. The van der Waals surface area contributed by atoms with Crippen molar-refractivity contribution in [1.82, 2.24) is 15.5 Å². The zero-order valence-corrected chi connectivity index (χ0v) is 21.7. The van der Waals surface area contributed by atoms with Gasteiger partial charge < -0.3 is 31.5 Å². The van der Waals surface area contributed by atoms with Crippen molar-refractivity contribution in [1.29, 1.82) is 0 Å². The predicted octanol–water partition coefficient (Wildman–Crippen LogP) is 3.19. The Morgan fingerprint density at radius 2 is 1.56 bits per heavy atom. The van der Waals surface area contributed by atoms with E-state index in [0.29, 0.717) is 16.7 Å². The fourth-order valence-electron chi connectivity index (χ4n) is 4.23. The summed E-state index contributed by atoms with van der Waals surface area (Å²) in [5.41, 5.74) is 8.28. The quantitative estimate of drug-likeness (QED) is 0.318. The van der Waals surface area contributed by atoms with Gasteiger partial charge in [0.05, 0.1) is 5.92 Å². The number of nitrogens with two attached hydrogens (primary N) is 1. The largest absolute Gasteiger partial charge is 0.508 e. The third kappa shape index (κ3) is 7.98. The van der Waals surface area contributed by atoms with Gasteiger partial charge in [-0.3, -0.25) is 9.59 Å². The number of hydrogen-bond acceptors (Lipinski definition) is 5. The van der Waals surface area contributed by atoms with E-state index < -0.39 is 23.6 Å². The molecule has 6 N–H and O–H groups in total. The van der Waals surface area contributed by atoms with Crippen LogP contribution in [0.4, 0.5) is 4.79 Å². The minimum atomic E-state index is -1.13. The molecule has 2 aromatic rings. The molecule has 3 amide bonds. The standard InChI is InChI=1S/C27H38N4O5/c1-17-13-20(32)14-18(2)24(17)21(16-31(26(35)36)27(3,4)5)25(34)30-12-11-29-23(33)15-22(28)19-9-7-6-8-10-19/h6-10,13-14,21-22,32H,11-12,15-16,28H2,1-5H3,(H,29,33)(H,30,34)(H,35,36). The van der Waals surface area contributed by atoms with Gasteiger partial charge in [-0.05, 0) is 69.0 Å². The number of aryl methyl sites for hydroxylation is 2. The monoisotopic (exact) mass is 498 g/mol. The Kier molecular flexibility index (Phi) is 9.86. The first-order valence-electron chi connectivity index (χ1n) is 12.0. The number of hydrogen-bond donors (Lipinski definition) is 5. The number of nitrogens with one attached hydrogen (secondary N) is 2. The fourth-order valence-corrected chi connectivity index (χ4v) is 4.23. The minimum absolute atomic E-state index is 0.0601. The summed E-state index contributed by atoms with van der Waals surface area (Å²) in [6, 6.07) is 12.0. The van der Waals surface area contributed by atoms with Crippen molar-refractivity contribution in [3.63, 3.8) is 0 Å². The van der Waals surface area contributed by atoms with Crippen LogP contribution in [0.5, 0.6) is 5.75 Å². The van der Waals surface area contributed by atoms with Crippen LogP contribution in [-0.4, -0.2) is 58.2 Å². The molecule has 0 saturated heterocycles. The van der Waals surface area contributed by atoms with Crippen molar-refractivity contribution in [3.8, 4) is 5.75 Å². The van der Waals surface area contributed by atoms with Crippen LogP contribution >= 0.6 is 0 Å². The van der Waals surface area contributed by atoms with Gasteiger partial charge in [0.15, 0.2) is 0 Å². The van der Waals surface area contributed by atoms with E-state index in [4.69, 9.17) is 5.73 Å². The summed E-state index contributed by atoms with van der Waals surface area (Å²) < 4.78 is 0. The first-order chi connectivity index (χ1) is 16.8. The summed E-state index contributed by atoms with van der Waals surface area (Å²) in [7, 11) is 0. The minimum Gasteiger partial charge on any atom is -0.508 e. The Bertz CT molecular complexity index is 1040. The van der Waals surface area contributed by atoms with E-state index in [-0.39, 0.29) is 43.6 Å². The fraction of sp³-hybridized carbons (Fsp3) is 0.444. The molecule has 0 heterocycles. The van der Waals surface area contributed by atoms with Gasteiger partial charge in [0.25, 0.3) is 0 Å². The van der Waals surface area contributed by atoms with E-state index in [1.165, 1.54) is 4.90 Å². The molecule has 9 heteroatoms. The van der Waals surface area contributed by atoms with Crippen LogP contribution < -0.4 is 16.4 Å². The average molecular weight is 499 g/mol. The Labute approximate surface area is 212 Å². The van der Waals surface area contributed by atoms with Crippen LogP contribution in [0.3, 0.4) is 0 Å². The molecule has 9 nitrogen and oxygen atoms in total. The maximum Gasteiger partial charge on any atom is 0.407 e. The highest BCUT2D eigenvalue weighted by Crippen LogP contribution is 2.30. The number of amides is 3. The van der Waals surface area contributed by atoms with Gasteiger partial charge in [0.2, 0.25) is 11.8 Å². The number of carboxylic acid groups (broad SMARTS) is 1. The molecule has 0 radical (unpaired) electrons. The van der Waals surface area contributed by atoms with Crippen LogP contribution in [0.1, 0.15) is 61.4 Å². The third-order valence-electron chi connectivity index (χ3n) is 6.03. The second kappa shape index (κ2) is 12.4. The third-order valence-corrected chi connectivity index (χ3v) is 6.03. The van der Waals surface area contributed by atoms with Gasteiger partial charge in [-0.1, -0.05) is 30.3 Å². The lowest BCUT2D eigenvalue weighted by molar-refractivity contribution is -0.124. The van der Waals surface area contributed by atoms with E-state index in [0.717, 1.165) is 5.56 Å². The van der Waals surface area contributed by atoms with E-state index in [1.807, 2.05) is 30.3 Å². The summed E-state index contributed by atoms with van der Waals surface area (Å²) >= 11 is 0. The van der Waals surface area contributed by atoms with Gasteiger partial charge in [0.1, 0.15) is 5.75 Å². The number of aromatic hydroxyl groups is 1.